The van der Waals surface area contributed by atoms with Gasteiger partial charge in [0.25, 0.3) is 0 Å². The van der Waals surface area contributed by atoms with Gasteiger partial charge in [-0.25, -0.2) is 13.6 Å². The molecule has 1 aromatic carbocycles. The molecule has 1 aliphatic rings. The fourth-order valence-electron chi connectivity index (χ4n) is 2.06. The molecule has 1 aromatic rings. The first-order valence-electron chi connectivity index (χ1n) is 6.06. The van der Waals surface area contributed by atoms with E-state index in [1.54, 1.807) is 19.1 Å². The van der Waals surface area contributed by atoms with Gasteiger partial charge >= 0.3 is 0 Å². The summed E-state index contributed by atoms with van der Waals surface area (Å²) >= 11 is 0. The number of rotatable bonds is 3. The van der Waals surface area contributed by atoms with E-state index in [-0.39, 0.29) is 23.5 Å². The highest BCUT2D eigenvalue weighted by molar-refractivity contribution is 7.89. The molecule has 0 aromatic heterocycles. The first kappa shape index (κ1) is 14.9. The third kappa shape index (κ3) is 3.15. The zero-order valence-electron chi connectivity index (χ0n) is 11.0. The van der Waals surface area contributed by atoms with E-state index in [2.05, 4.69) is 5.32 Å². The van der Waals surface area contributed by atoms with Crippen LogP contribution in [0.25, 0.3) is 0 Å². The Labute approximate surface area is 117 Å². The monoisotopic (exact) mass is 299 g/mol. The minimum Gasteiger partial charge on any atom is -0.379 e. The van der Waals surface area contributed by atoms with Crippen molar-refractivity contribution in [2.75, 3.05) is 18.5 Å². The van der Waals surface area contributed by atoms with Crippen LogP contribution in [0.5, 0.6) is 0 Å². The van der Waals surface area contributed by atoms with Crippen LogP contribution in [-0.4, -0.2) is 33.6 Å². The van der Waals surface area contributed by atoms with Gasteiger partial charge in [0.15, 0.2) is 0 Å². The Morgan fingerprint density at radius 2 is 2.10 bits per heavy atom. The van der Waals surface area contributed by atoms with Gasteiger partial charge in [0.05, 0.1) is 24.0 Å². The van der Waals surface area contributed by atoms with E-state index >= 15 is 0 Å². The molecule has 1 heterocycles. The lowest BCUT2D eigenvalue weighted by atomic mass is 10.0. The second-order valence-electron chi connectivity index (χ2n) is 4.82. The van der Waals surface area contributed by atoms with Crippen molar-refractivity contribution in [2.24, 2.45) is 16.8 Å². The topological polar surface area (TPSA) is 125 Å². The van der Waals surface area contributed by atoms with Crippen molar-refractivity contribution in [3.63, 3.8) is 0 Å². The van der Waals surface area contributed by atoms with Crippen molar-refractivity contribution in [1.29, 1.82) is 0 Å². The maximum absolute atomic E-state index is 12.0. The third-order valence-corrected chi connectivity index (χ3v) is 4.28. The number of anilines is 1. The molecule has 1 amide bonds. The van der Waals surface area contributed by atoms with Crippen molar-refractivity contribution in [1.82, 2.24) is 0 Å². The SMILES string of the molecule is Cc1ccc(NC(=O)C2COCC2N)cc1S(N)(=O)=O. The van der Waals surface area contributed by atoms with Crippen LogP contribution in [0.4, 0.5) is 5.69 Å². The standard InChI is InChI=1S/C12H17N3O4S/c1-7-2-3-8(4-11(7)20(14,17)18)15-12(16)9-5-19-6-10(9)13/h2-4,9-10H,5-6,13H2,1H3,(H,15,16)(H2,14,17,18). The lowest BCUT2D eigenvalue weighted by molar-refractivity contribution is -0.120. The van der Waals surface area contributed by atoms with Crippen molar-refractivity contribution in [2.45, 2.75) is 17.9 Å². The van der Waals surface area contributed by atoms with Crippen LogP contribution >= 0.6 is 0 Å². The number of nitrogens with one attached hydrogen (secondary N) is 1. The van der Waals surface area contributed by atoms with Crippen LogP contribution in [0.3, 0.4) is 0 Å². The van der Waals surface area contributed by atoms with E-state index in [0.717, 1.165) is 0 Å². The van der Waals surface area contributed by atoms with Gasteiger partial charge in [-0.05, 0) is 24.6 Å². The number of hydrogen-bond donors (Lipinski definition) is 3. The van der Waals surface area contributed by atoms with E-state index in [9.17, 15) is 13.2 Å². The molecule has 0 radical (unpaired) electrons. The summed E-state index contributed by atoms with van der Waals surface area (Å²) in [4.78, 5) is 12.0. The van der Waals surface area contributed by atoms with Crippen LogP contribution in [0.2, 0.25) is 0 Å². The van der Waals surface area contributed by atoms with E-state index in [4.69, 9.17) is 15.6 Å². The minimum atomic E-state index is -3.82. The Kier molecular flexibility index (Phi) is 4.09. The zero-order chi connectivity index (χ0) is 14.9. The summed E-state index contributed by atoms with van der Waals surface area (Å²) in [5.74, 6) is -0.728. The van der Waals surface area contributed by atoms with Crippen LogP contribution in [0.15, 0.2) is 23.1 Å². The molecule has 2 atom stereocenters. The molecule has 0 bridgehead atoms. The Balaban J connectivity index is 2.20. The highest BCUT2D eigenvalue weighted by Gasteiger charge is 2.31. The van der Waals surface area contributed by atoms with Crippen LogP contribution < -0.4 is 16.2 Å². The molecule has 2 rings (SSSR count). The Morgan fingerprint density at radius 1 is 1.40 bits per heavy atom. The molecule has 1 fully saturated rings. The molecule has 0 saturated carbocycles. The summed E-state index contributed by atoms with van der Waals surface area (Å²) in [5.41, 5.74) is 6.64. The first-order valence-corrected chi connectivity index (χ1v) is 7.61. The van der Waals surface area contributed by atoms with Crippen LogP contribution in [-0.2, 0) is 19.6 Å². The summed E-state index contributed by atoms with van der Waals surface area (Å²) < 4.78 is 28.0. The van der Waals surface area contributed by atoms with E-state index in [0.29, 0.717) is 17.9 Å². The van der Waals surface area contributed by atoms with Crippen molar-refractivity contribution >= 4 is 21.6 Å². The summed E-state index contributed by atoms with van der Waals surface area (Å²) in [6.07, 6.45) is 0. The Morgan fingerprint density at radius 3 is 2.65 bits per heavy atom. The maximum atomic E-state index is 12.0. The number of hydrogen-bond acceptors (Lipinski definition) is 5. The molecule has 20 heavy (non-hydrogen) atoms. The fourth-order valence-corrected chi connectivity index (χ4v) is 2.87. The first-order chi connectivity index (χ1) is 9.29. The average Bonchev–Trinajstić information content (AvgIpc) is 2.76. The molecule has 0 spiro atoms. The molecule has 1 saturated heterocycles. The minimum absolute atomic E-state index is 0.0118. The smallest absolute Gasteiger partial charge is 0.238 e. The average molecular weight is 299 g/mol. The van der Waals surface area contributed by atoms with Gasteiger partial charge in [-0.2, -0.15) is 0 Å². The predicted molar refractivity (Wildman–Crippen MR) is 73.5 cm³/mol. The normalized spacial score (nSPS) is 22.8. The number of ether oxygens (including phenoxy) is 1. The zero-order valence-corrected chi connectivity index (χ0v) is 11.8. The summed E-state index contributed by atoms with van der Waals surface area (Å²) in [5, 5.41) is 7.76. The number of amides is 1. The molecule has 0 aliphatic carbocycles. The second-order valence-corrected chi connectivity index (χ2v) is 6.35. The second kappa shape index (κ2) is 5.49. The lowest BCUT2D eigenvalue weighted by Gasteiger charge is -2.14. The highest BCUT2D eigenvalue weighted by atomic mass is 32.2. The maximum Gasteiger partial charge on any atom is 0.238 e. The molecular formula is C12H17N3O4S. The van der Waals surface area contributed by atoms with Crippen molar-refractivity contribution in [3.05, 3.63) is 23.8 Å². The number of aryl methyl sites for hydroxylation is 1. The van der Waals surface area contributed by atoms with Gasteiger partial charge < -0.3 is 15.8 Å². The molecule has 5 N–H and O–H groups in total. The number of nitrogens with two attached hydrogens (primary N) is 2. The van der Waals surface area contributed by atoms with E-state index in [1.165, 1.54) is 6.07 Å². The lowest BCUT2D eigenvalue weighted by Crippen LogP contribution is -2.37. The molecule has 1 aliphatic heterocycles. The Hall–Kier alpha value is -1.48. The van der Waals surface area contributed by atoms with Crippen LogP contribution in [0.1, 0.15) is 5.56 Å². The van der Waals surface area contributed by atoms with Gasteiger partial charge in [0.1, 0.15) is 0 Å². The van der Waals surface area contributed by atoms with Crippen molar-refractivity contribution < 1.29 is 17.9 Å². The fraction of sp³-hybridized carbons (Fsp3) is 0.417. The number of primary sulfonamides is 1. The van der Waals surface area contributed by atoms with Crippen molar-refractivity contribution in [3.8, 4) is 0 Å². The van der Waals surface area contributed by atoms with Gasteiger partial charge in [-0.1, -0.05) is 6.07 Å². The third-order valence-electron chi connectivity index (χ3n) is 3.22. The number of carbonyl (C=O) groups is 1. The highest BCUT2D eigenvalue weighted by Crippen LogP contribution is 2.20. The summed E-state index contributed by atoms with van der Waals surface area (Å²) in [6, 6.07) is 4.19. The number of carbonyl (C=O) groups excluding carboxylic acids is 1. The summed E-state index contributed by atoms with van der Waals surface area (Å²) in [6.45, 7) is 2.24. The van der Waals surface area contributed by atoms with E-state index in [1.807, 2.05) is 0 Å². The van der Waals surface area contributed by atoms with Gasteiger partial charge in [-0.15, -0.1) is 0 Å². The van der Waals surface area contributed by atoms with Gasteiger partial charge in [0.2, 0.25) is 15.9 Å². The molecule has 8 heteroatoms. The number of benzene rings is 1. The summed E-state index contributed by atoms with van der Waals surface area (Å²) in [7, 11) is -3.82. The predicted octanol–water partition coefficient (Wildman–Crippen LogP) is -0.445. The number of sulfonamides is 1. The molecule has 2 unspecified atom stereocenters. The van der Waals surface area contributed by atoms with Gasteiger partial charge in [-0.3, -0.25) is 4.79 Å². The largest absolute Gasteiger partial charge is 0.379 e. The quantitative estimate of drug-likeness (QED) is 0.697. The van der Waals surface area contributed by atoms with Gasteiger partial charge in [0, 0.05) is 11.7 Å². The van der Waals surface area contributed by atoms with Crippen LogP contribution in [0, 0.1) is 12.8 Å². The Bertz CT molecular complexity index is 630. The molecule has 7 nitrogen and oxygen atoms in total. The molecule has 110 valence electrons. The molecular weight excluding hydrogens is 282 g/mol. The van der Waals surface area contributed by atoms with E-state index < -0.39 is 15.9 Å².